The zero-order valence-electron chi connectivity index (χ0n) is 19.0. The molecule has 1 heterocycles. The van der Waals surface area contributed by atoms with E-state index < -0.39 is 6.61 Å². The maximum Gasteiger partial charge on any atom is 0.387 e. The molecule has 1 fully saturated rings. The first-order chi connectivity index (χ1) is 17.0. The summed E-state index contributed by atoms with van der Waals surface area (Å²) in [4.78, 5) is 9.53. The van der Waals surface area contributed by atoms with Crippen molar-refractivity contribution in [3.05, 3.63) is 77.1 Å². The van der Waals surface area contributed by atoms with Crippen LogP contribution in [0.25, 0.3) is 22.2 Å². The second kappa shape index (κ2) is 10.6. The Hall–Kier alpha value is -2.61. The van der Waals surface area contributed by atoms with E-state index in [4.69, 9.17) is 27.1 Å². The number of ether oxygens (including phenoxy) is 1. The quantitative estimate of drug-likeness (QED) is 0.216. The molecule has 8 heteroatoms. The van der Waals surface area contributed by atoms with Crippen LogP contribution in [0.5, 0.6) is 5.75 Å². The van der Waals surface area contributed by atoms with Gasteiger partial charge in [0.15, 0.2) is 0 Å². The van der Waals surface area contributed by atoms with Crippen LogP contribution in [0.15, 0.2) is 65.6 Å². The number of fused-ring (bicyclic) bond motifs is 1. The van der Waals surface area contributed by atoms with Crippen molar-refractivity contribution in [2.75, 3.05) is 12.3 Å². The van der Waals surface area contributed by atoms with Crippen molar-refractivity contribution in [2.24, 2.45) is 11.7 Å². The van der Waals surface area contributed by atoms with E-state index >= 15 is 0 Å². The second-order valence-corrected chi connectivity index (χ2v) is 10.3. The van der Waals surface area contributed by atoms with Crippen LogP contribution in [-0.2, 0) is 0 Å². The lowest BCUT2D eigenvalue weighted by atomic mass is 9.95. The Labute approximate surface area is 212 Å². The average molecular weight is 514 g/mol. The van der Waals surface area contributed by atoms with Crippen molar-refractivity contribution in [3.8, 4) is 16.9 Å². The van der Waals surface area contributed by atoms with E-state index in [1.807, 2.05) is 17.8 Å². The molecule has 1 aliphatic rings. The van der Waals surface area contributed by atoms with Gasteiger partial charge in [-0.15, -0.1) is 11.8 Å². The molecular weight excluding hydrogens is 488 g/mol. The minimum Gasteiger partial charge on any atom is -0.434 e. The molecule has 0 aliphatic heterocycles. The fraction of sp³-hybridized carbons (Fsp3) is 0.296. The zero-order valence-corrected chi connectivity index (χ0v) is 20.6. The normalized spacial score (nSPS) is 14.5. The average Bonchev–Trinajstić information content (AvgIpc) is 3.59. The van der Waals surface area contributed by atoms with E-state index in [-0.39, 0.29) is 11.7 Å². The molecule has 3 N–H and O–H groups in total. The highest BCUT2D eigenvalue weighted by Gasteiger charge is 2.22. The molecule has 1 atom stereocenters. The maximum atomic E-state index is 12.9. The third-order valence-electron chi connectivity index (χ3n) is 6.23. The van der Waals surface area contributed by atoms with Gasteiger partial charge in [0.25, 0.3) is 0 Å². The molecule has 0 radical (unpaired) electrons. The number of rotatable bonds is 10. The van der Waals surface area contributed by atoms with Gasteiger partial charge in [0.05, 0.1) is 16.1 Å². The number of imidazole rings is 1. The van der Waals surface area contributed by atoms with Gasteiger partial charge in [-0.2, -0.15) is 8.78 Å². The summed E-state index contributed by atoms with van der Waals surface area (Å²) in [7, 11) is 0. The number of halogens is 3. The minimum atomic E-state index is -2.92. The monoisotopic (exact) mass is 513 g/mol. The standard InChI is InChI=1S/C27H26ClF2N3OS/c28-22-14-24-23(13-21(22)20-3-1-2-4-25(20)34-27(29)30)32-26(33-24)19(11-12-31)17-7-9-18(10-8-17)35-15-16-5-6-16/h1-4,7-10,13-14,16,19,27H,5-6,11-12,15,31H2,(H,32,33). The number of hydrogen-bond donors (Lipinski definition) is 2. The number of nitrogens with two attached hydrogens (primary N) is 1. The Kier molecular flexibility index (Phi) is 7.27. The number of nitrogens with one attached hydrogen (secondary N) is 1. The van der Waals surface area contributed by atoms with E-state index in [1.54, 1.807) is 24.3 Å². The molecule has 35 heavy (non-hydrogen) atoms. The summed E-state index contributed by atoms with van der Waals surface area (Å²) in [5, 5.41) is 0.422. The van der Waals surface area contributed by atoms with Crippen molar-refractivity contribution < 1.29 is 13.5 Å². The van der Waals surface area contributed by atoms with Crippen LogP contribution in [0, 0.1) is 5.92 Å². The van der Waals surface area contributed by atoms with Gasteiger partial charge in [-0.25, -0.2) is 4.98 Å². The van der Waals surface area contributed by atoms with Crippen molar-refractivity contribution in [2.45, 2.75) is 36.7 Å². The van der Waals surface area contributed by atoms with Gasteiger partial charge < -0.3 is 15.5 Å². The smallest absolute Gasteiger partial charge is 0.387 e. The molecule has 1 aromatic heterocycles. The highest BCUT2D eigenvalue weighted by molar-refractivity contribution is 7.99. The first kappa shape index (κ1) is 24.1. The number of hydrogen-bond acceptors (Lipinski definition) is 4. The fourth-order valence-electron chi connectivity index (χ4n) is 4.23. The Morgan fingerprint density at radius 1 is 1.09 bits per heavy atom. The fourth-order valence-corrected chi connectivity index (χ4v) is 5.59. The van der Waals surface area contributed by atoms with Crippen molar-refractivity contribution >= 4 is 34.4 Å². The van der Waals surface area contributed by atoms with Crippen LogP contribution in [-0.4, -0.2) is 28.9 Å². The zero-order chi connectivity index (χ0) is 24.4. The molecular formula is C27H26ClF2N3OS. The molecule has 0 bridgehead atoms. The summed E-state index contributed by atoms with van der Waals surface area (Å²) in [5.41, 5.74) is 9.65. The summed E-state index contributed by atoms with van der Waals surface area (Å²) in [6, 6.07) is 18.8. The van der Waals surface area contributed by atoms with E-state index in [0.717, 1.165) is 29.2 Å². The number of alkyl halides is 2. The largest absolute Gasteiger partial charge is 0.434 e. The van der Waals surface area contributed by atoms with Gasteiger partial charge >= 0.3 is 6.61 Å². The number of nitrogens with zero attached hydrogens (tertiary/aromatic N) is 1. The van der Waals surface area contributed by atoms with Crippen LogP contribution < -0.4 is 10.5 Å². The second-order valence-electron chi connectivity index (χ2n) is 8.80. The molecule has 1 unspecified atom stereocenters. The Morgan fingerprint density at radius 3 is 2.57 bits per heavy atom. The van der Waals surface area contributed by atoms with Crippen LogP contribution >= 0.6 is 23.4 Å². The SMILES string of the molecule is NCCC(c1ccc(SCC2CC2)cc1)c1nc2cc(-c3ccccc3OC(F)F)c(Cl)cc2[nH]1. The van der Waals surface area contributed by atoms with Gasteiger partial charge in [0.1, 0.15) is 11.6 Å². The predicted octanol–water partition coefficient (Wildman–Crippen LogP) is 7.47. The lowest BCUT2D eigenvalue weighted by Crippen LogP contribution is -2.10. The molecule has 4 aromatic rings. The van der Waals surface area contributed by atoms with Crippen LogP contribution in [0.3, 0.4) is 0 Å². The third-order valence-corrected chi connectivity index (χ3v) is 7.79. The molecule has 182 valence electrons. The van der Waals surface area contributed by atoms with Gasteiger partial charge in [0, 0.05) is 27.7 Å². The maximum absolute atomic E-state index is 12.9. The minimum absolute atomic E-state index is 0.00607. The third kappa shape index (κ3) is 5.63. The van der Waals surface area contributed by atoms with E-state index in [2.05, 4.69) is 29.2 Å². The van der Waals surface area contributed by atoms with E-state index in [9.17, 15) is 8.78 Å². The van der Waals surface area contributed by atoms with Crippen molar-refractivity contribution in [1.82, 2.24) is 9.97 Å². The molecule has 0 saturated heterocycles. The van der Waals surface area contributed by atoms with Gasteiger partial charge in [0.2, 0.25) is 0 Å². The summed E-state index contributed by atoms with van der Waals surface area (Å²) in [6.45, 7) is -2.41. The summed E-state index contributed by atoms with van der Waals surface area (Å²) < 4.78 is 30.5. The molecule has 4 nitrogen and oxygen atoms in total. The van der Waals surface area contributed by atoms with E-state index in [1.165, 1.54) is 29.6 Å². The highest BCUT2D eigenvalue weighted by Crippen LogP contribution is 2.39. The van der Waals surface area contributed by atoms with Crippen LogP contribution in [0.1, 0.15) is 36.6 Å². The topological polar surface area (TPSA) is 63.9 Å². The van der Waals surface area contributed by atoms with Crippen LogP contribution in [0.2, 0.25) is 5.02 Å². The molecule has 1 saturated carbocycles. The number of para-hydroxylation sites is 1. The lowest BCUT2D eigenvalue weighted by Gasteiger charge is -2.14. The number of thioether (sulfide) groups is 1. The van der Waals surface area contributed by atoms with E-state index in [0.29, 0.717) is 28.2 Å². The number of benzene rings is 3. The first-order valence-corrected chi connectivity index (χ1v) is 13.0. The first-order valence-electron chi connectivity index (χ1n) is 11.7. The molecule has 0 amide bonds. The number of H-pyrrole nitrogens is 1. The molecule has 1 aliphatic carbocycles. The number of aromatic nitrogens is 2. The Bertz CT molecular complexity index is 1310. The predicted molar refractivity (Wildman–Crippen MR) is 139 cm³/mol. The Morgan fingerprint density at radius 2 is 1.86 bits per heavy atom. The van der Waals surface area contributed by atoms with Crippen LogP contribution in [0.4, 0.5) is 8.78 Å². The van der Waals surface area contributed by atoms with Gasteiger partial charge in [-0.3, -0.25) is 0 Å². The van der Waals surface area contributed by atoms with Gasteiger partial charge in [-0.05, 0) is 67.6 Å². The molecule has 3 aromatic carbocycles. The molecule has 5 rings (SSSR count). The highest BCUT2D eigenvalue weighted by atomic mass is 35.5. The summed E-state index contributed by atoms with van der Waals surface area (Å²) in [6.07, 6.45) is 3.44. The summed E-state index contributed by atoms with van der Waals surface area (Å²) >= 11 is 8.48. The van der Waals surface area contributed by atoms with Crippen molar-refractivity contribution in [1.29, 1.82) is 0 Å². The Balaban J connectivity index is 1.46. The lowest BCUT2D eigenvalue weighted by molar-refractivity contribution is -0.0494. The van der Waals surface area contributed by atoms with Crippen molar-refractivity contribution in [3.63, 3.8) is 0 Å². The number of aromatic amines is 1. The summed E-state index contributed by atoms with van der Waals surface area (Å²) in [5.74, 6) is 2.94. The molecule has 0 spiro atoms. The van der Waals surface area contributed by atoms with Gasteiger partial charge in [-0.1, -0.05) is 41.9 Å².